The molecule has 0 bridgehead atoms. The minimum Gasteiger partial charge on any atom is -0.294 e. The Labute approximate surface area is 84.0 Å². The van der Waals surface area contributed by atoms with Crippen molar-refractivity contribution in [3.8, 4) is 0 Å². The molecule has 0 aromatic rings. The first-order valence-electron chi connectivity index (χ1n) is 5.19. The molecule has 0 amide bonds. The second kappa shape index (κ2) is 4.32. The van der Waals surface area contributed by atoms with Crippen LogP contribution in [0.2, 0.25) is 0 Å². The van der Waals surface area contributed by atoms with Crippen molar-refractivity contribution in [1.82, 2.24) is 0 Å². The van der Waals surface area contributed by atoms with Crippen LogP contribution in [0.15, 0.2) is 11.6 Å². The maximum Gasteiger partial charge on any atom is 0.162 e. The number of Topliss-reactive ketones (excluding diaryl/α,β-unsaturated/α-hetero) is 1. The highest BCUT2D eigenvalue weighted by atomic mass is 32.2. The monoisotopic (exact) mass is 196 g/mol. The smallest absolute Gasteiger partial charge is 0.162 e. The predicted octanol–water partition coefficient (Wildman–Crippen LogP) is 2.81. The molecule has 1 nitrogen and oxygen atoms in total. The maximum atomic E-state index is 11.9. The Morgan fingerprint density at radius 2 is 2.38 bits per heavy atom. The summed E-state index contributed by atoms with van der Waals surface area (Å²) in [5, 5.41) is 0. The molecular weight excluding hydrogens is 180 g/mol. The van der Waals surface area contributed by atoms with Crippen LogP contribution in [0.3, 0.4) is 0 Å². The molecule has 1 heterocycles. The summed E-state index contributed by atoms with van der Waals surface area (Å²) in [4.78, 5) is 11.9. The highest BCUT2D eigenvalue weighted by molar-refractivity contribution is 7.99. The molecule has 13 heavy (non-hydrogen) atoms. The molecule has 1 atom stereocenters. The third kappa shape index (κ3) is 2.16. The van der Waals surface area contributed by atoms with E-state index in [4.69, 9.17) is 0 Å². The molecule has 1 aliphatic carbocycles. The minimum absolute atomic E-state index is 0.356. The van der Waals surface area contributed by atoms with Crippen LogP contribution in [0.1, 0.15) is 32.1 Å². The summed E-state index contributed by atoms with van der Waals surface area (Å²) in [5.74, 6) is 3.07. The van der Waals surface area contributed by atoms with Gasteiger partial charge in [-0.3, -0.25) is 4.79 Å². The topological polar surface area (TPSA) is 17.1 Å². The van der Waals surface area contributed by atoms with E-state index in [2.05, 4.69) is 6.08 Å². The van der Waals surface area contributed by atoms with Crippen molar-refractivity contribution < 1.29 is 4.79 Å². The van der Waals surface area contributed by atoms with Gasteiger partial charge in [-0.1, -0.05) is 6.08 Å². The lowest BCUT2D eigenvalue weighted by atomic mass is 9.90. The zero-order valence-electron chi connectivity index (χ0n) is 7.92. The molecule has 0 radical (unpaired) electrons. The Balaban J connectivity index is 1.98. The number of rotatable bonds is 2. The van der Waals surface area contributed by atoms with E-state index in [1.165, 1.54) is 18.6 Å². The van der Waals surface area contributed by atoms with Gasteiger partial charge in [-0.05, 0) is 43.4 Å². The third-order valence-corrected chi connectivity index (χ3v) is 4.07. The molecule has 1 fully saturated rings. The summed E-state index contributed by atoms with van der Waals surface area (Å²) in [6.45, 7) is 0. The summed E-state index contributed by atoms with van der Waals surface area (Å²) in [5.41, 5.74) is 1.14. The van der Waals surface area contributed by atoms with Gasteiger partial charge in [0.1, 0.15) is 0 Å². The normalized spacial score (nSPS) is 28.6. The Kier molecular flexibility index (Phi) is 3.09. The van der Waals surface area contributed by atoms with Gasteiger partial charge >= 0.3 is 0 Å². The first kappa shape index (κ1) is 9.32. The molecule has 2 rings (SSSR count). The fourth-order valence-corrected chi connectivity index (χ4v) is 3.29. The summed E-state index contributed by atoms with van der Waals surface area (Å²) in [6.07, 6.45) is 7.95. The molecule has 2 heteroatoms. The van der Waals surface area contributed by atoms with Crippen LogP contribution in [-0.2, 0) is 4.79 Å². The molecule has 0 spiro atoms. The maximum absolute atomic E-state index is 11.9. The zero-order chi connectivity index (χ0) is 9.10. The zero-order valence-corrected chi connectivity index (χ0v) is 8.74. The number of thioether (sulfide) groups is 1. The van der Waals surface area contributed by atoms with Crippen LogP contribution in [0.25, 0.3) is 0 Å². The second-order valence-corrected chi connectivity index (χ2v) is 5.05. The minimum atomic E-state index is 0.356. The number of carbonyl (C=O) groups excluding carboxylic acids is 1. The number of hydrogen-bond donors (Lipinski definition) is 0. The van der Waals surface area contributed by atoms with Gasteiger partial charge in [-0.15, -0.1) is 0 Å². The van der Waals surface area contributed by atoms with Crippen molar-refractivity contribution in [2.45, 2.75) is 32.1 Å². The molecule has 2 aliphatic rings. The molecule has 0 aromatic carbocycles. The molecule has 1 aliphatic heterocycles. The van der Waals surface area contributed by atoms with E-state index in [0.717, 1.165) is 30.6 Å². The van der Waals surface area contributed by atoms with E-state index >= 15 is 0 Å². The lowest BCUT2D eigenvalue weighted by molar-refractivity contribution is -0.118. The average Bonchev–Trinajstić information content (AvgIpc) is 2.71. The molecule has 72 valence electrons. The van der Waals surface area contributed by atoms with Gasteiger partial charge in [-0.25, -0.2) is 0 Å². The van der Waals surface area contributed by atoms with Gasteiger partial charge in [0.2, 0.25) is 0 Å². The Bertz CT molecular complexity index is 226. The molecule has 1 saturated heterocycles. The highest BCUT2D eigenvalue weighted by Gasteiger charge is 2.25. The van der Waals surface area contributed by atoms with E-state index in [0.29, 0.717) is 11.7 Å². The van der Waals surface area contributed by atoms with Crippen molar-refractivity contribution in [3.63, 3.8) is 0 Å². The fraction of sp³-hybridized carbons (Fsp3) is 0.727. The first-order valence-corrected chi connectivity index (χ1v) is 6.34. The Morgan fingerprint density at radius 1 is 1.46 bits per heavy atom. The Hall–Kier alpha value is -0.240. The van der Waals surface area contributed by atoms with Crippen molar-refractivity contribution in [2.75, 3.05) is 11.5 Å². The summed E-state index contributed by atoms with van der Waals surface area (Å²) in [6, 6.07) is 0. The van der Waals surface area contributed by atoms with Crippen LogP contribution in [-0.4, -0.2) is 17.3 Å². The van der Waals surface area contributed by atoms with Crippen LogP contribution >= 0.6 is 11.8 Å². The van der Waals surface area contributed by atoms with E-state index in [-0.39, 0.29) is 0 Å². The summed E-state index contributed by atoms with van der Waals surface area (Å²) in [7, 11) is 0. The molecule has 1 unspecified atom stereocenters. The van der Waals surface area contributed by atoms with E-state index in [1.807, 2.05) is 11.8 Å². The van der Waals surface area contributed by atoms with Crippen molar-refractivity contribution in [1.29, 1.82) is 0 Å². The standard InChI is InChI=1S/C11H16OS/c12-11(10-6-7-13-8-10)9-4-2-1-3-5-9/h4,10H,1-3,5-8H2. The van der Waals surface area contributed by atoms with Gasteiger partial charge in [0.05, 0.1) is 0 Å². The molecule has 0 saturated carbocycles. The van der Waals surface area contributed by atoms with E-state index < -0.39 is 0 Å². The number of ketones is 1. The SMILES string of the molecule is O=C(C1=CCCCC1)C1CCSC1. The quantitative estimate of drug-likeness (QED) is 0.675. The van der Waals surface area contributed by atoms with E-state index in [1.54, 1.807) is 0 Å². The third-order valence-electron chi connectivity index (χ3n) is 2.91. The summed E-state index contributed by atoms with van der Waals surface area (Å²) < 4.78 is 0. The van der Waals surface area contributed by atoms with Gasteiger partial charge in [-0.2, -0.15) is 11.8 Å². The molecule has 0 N–H and O–H groups in total. The van der Waals surface area contributed by atoms with Crippen molar-refractivity contribution >= 4 is 17.5 Å². The van der Waals surface area contributed by atoms with Crippen molar-refractivity contribution in [2.24, 2.45) is 5.92 Å². The van der Waals surface area contributed by atoms with Gasteiger partial charge < -0.3 is 0 Å². The van der Waals surface area contributed by atoms with Gasteiger partial charge in [0, 0.05) is 11.7 Å². The average molecular weight is 196 g/mol. The predicted molar refractivity (Wildman–Crippen MR) is 57.0 cm³/mol. The fourth-order valence-electron chi connectivity index (χ4n) is 2.07. The van der Waals surface area contributed by atoms with E-state index in [9.17, 15) is 4.79 Å². The van der Waals surface area contributed by atoms with Crippen LogP contribution < -0.4 is 0 Å². The van der Waals surface area contributed by atoms with Gasteiger partial charge in [0.25, 0.3) is 0 Å². The molecular formula is C11H16OS. The Morgan fingerprint density at radius 3 is 3.00 bits per heavy atom. The van der Waals surface area contributed by atoms with Crippen LogP contribution in [0, 0.1) is 5.92 Å². The van der Waals surface area contributed by atoms with Crippen LogP contribution in [0.5, 0.6) is 0 Å². The van der Waals surface area contributed by atoms with Gasteiger partial charge in [0.15, 0.2) is 5.78 Å². The first-order chi connectivity index (χ1) is 6.38. The number of allylic oxidation sites excluding steroid dienone is 2. The number of carbonyl (C=O) groups is 1. The highest BCUT2D eigenvalue weighted by Crippen LogP contribution is 2.29. The molecule has 0 aromatic heterocycles. The largest absolute Gasteiger partial charge is 0.294 e. The lowest BCUT2D eigenvalue weighted by Crippen LogP contribution is -2.17. The lowest BCUT2D eigenvalue weighted by Gasteiger charge is -2.14. The summed E-state index contributed by atoms with van der Waals surface area (Å²) >= 11 is 1.93. The second-order valence-electron chi connectivity index (χ2n) is 3.90. The van der Waals surface area contributed by atoms with Crippen LogP contribution in [0.4, 0.5) is 0 Å². The number of hydrogen-bond acceptors (Lipinski definition) is 2. The van der Waals surface area contributed by atoms with Crippen molar-refractivity contribution in [3.05, 3.63) is 11.6 Å².